The standard InChI is InChI=1S/C20H22Cl2F3N5O/c1-29-9-5-12(6-10-29)30(2)19(31)28-18(20(23,24)25)14-4-3-13(16(21)17(14)22)15-11-26-7-8-27-15/h3-4,7-8,11-12,18H,5-6,9-10H2,1-2H3,(H,28,31)/t18-/m1/s1. The minimum atomic E-state index is -4.77. The van der Waals surface area contributed by atoms with Crippen LogP contribution in [0.25, 0.3) is 11.3 Å². The third kappa shape index (κ3) is 5.39. The minimum absolute atomic E-state index is 0.0909. The molecule has 168 valence electrons. The normalized spacial score (nSPS) is 16.7. The highest BCUT2D eigenvalue weighted by atomic mass is 35.5. The van der Waals surface area contributed by atoms with Gasteiger partial charge in [0.2, 0.25) is 0 Å². The number of amides is 2. The Labute approximate surface area is 188 Å². The van der Waals surface area contributed by atoms with Gasteiger partial charge >= 0.3 is 12.2 Å². The number of benzene rings is 1. The number of aromatic nitrogens is 2. The molecule has 1 aliphatic rings. The highest BCUT2D eigenvalue weighted by Crippen LogP contribution is 2.42. The maximum absolute atomic E-state index is 13.9. The molecule has 31 heavy (non-hydrogen) atoms. The van der Waals surface area contributed by atoms with Gasteiger partial charge in [-0.05, 0) is 33.0 Å². The van der Waals surface area contributed by atoms with Crippen molar-refractivity contribution in [1.29, 1.82) is 0 Å². The Bertz CT molecular complexity index is 921. The molecule has 0 aliphatic carbocycles. The zero-order valence-electron chi connectivity index (χ0n) is 17.0. The Balaban J connectivity index is 1.86. The average Bonchev–Trinajstić information content (AvgIpc) is 2.74. The van der Waals surface area contributed by atoms with Crippen LogP contribution < -0.4 is 5.32 Å². The van der Waals surface area contributed by atoms with E-state index in [4.69, 9.17) is 23.2 Å². The van der Waals surface area contributed by atoms with Crippen LogP contribution in [-0.2, 0) is 0 Å². The van der Waals surface area contributed by atoms with E-state index in [2.05, 4.69) is 20.2 Å². The fourth-order valence-corrected chi connectivity index (χ4v) is 4.08. The summed E-state index contributed by atoms with van der Waals surface area (Å²) in [7, 11) is 3.47. The first kappa shape index (κ1) is 23.6. The van der Waals surface area contributed by atoms with Gasteiger partial charge in [-0.15, -0.1) is 0 Å². The second-order valence-corrected chi connectivity index (χ2v) is 8.25. The number of alkyl halides is 3. The van der Waals surface area contributed by atoms with Crippen LogP contribution in [0.5, 0.6) is 0 Å². The van der Waals surface area contributed by atoms with Gasteiger partial charge in [0.25, 0.3) is 0 Å². The summed E-state index contributed by atoms with van der Waals surface area (Å²) in [6.07, 6.45) is 0.933. The van der Waals surface area contributed by atoms with Crippen LogP contribution >= 0.6 is 23.2 Å². The molecule has 0 saturated carbocycles. The van der Waals surface area contributed by atoms with Gasteiger partial charge in [-0.3, -0.25) is 9.97 Å². The highest BCUT2D eigenvalue weighted by Gasteiger charge is 2.44. The Morgan fingerprint density at radius 2 is 1.90 bits per heavy atom. The van der Waals surface area contributed by atoms with E-state index in [0.29, 0.717) is 24.1 Å². The molecule has 0 unspecified atom stereocenters. The summed E-state index contributed by atoms with van der Waals surface area (Å²) < 4.78 is 41.7. The zero-order valence-corrected chi connectivity index (χ0v) is 18.5. The molecule has 1 saturated heterocycles. The number of nitrogens with zero attached hydrogens (tertiary/aromatic N) is 4. The van der Waals surface area contributed by atoms with Crippen LogP contribution in [-0.4, -0.2) is 65.2 Å². The maximum atomic E-state index is 13.9. The highest BCUT2D eigenvalue weighted by molar-refractivity contribution is 6.44. The summed E-state index contributed by atoms with van der Waals surface area (Å²) in [5.41, 5.74) is 0.381. The lowest BCUT2D eigenvalue weighted by molar-refractivity contribution is -0.155. The van der Waals surface area contributed by atoms with E-state index in [1.54, 1.807) is 0 Å². The molecule has 0 bridgehead atoms. The number of hydrogen-bond donors (Lipinski definition) is 1. The second kappa shape index (κ2) is 9.58. The predicted octanol–water partition coefficient (Wildman–Crippen LogP) is 4.79. The lowest BCUT2D eigenvalue weighted by Gasteiger charge is -2.36. The number of halogens is 5. The first-order valence-electron chi connectivity index (χ1n) is 9.62. The van der Waals surface area contributed by atoms with Gasteiger partial charge in [0.1, 0.15) is 0 Å². The largest absolute Gasteiger partial charge is 0.412 e. The summed E-state index contributed by atoms with van der Waals surface area (Å²) in [5.74, 6) is 0. The van der Waals surface area contributed by atoms with Crippen molar-refractivity contribution < 1.29 is 18.0 Å². The summed E-state index contributed by atoms with van der Waals surface area (Å²) in [5, 5.41) is 1.70. The second-order valence-electron chi connectivity index (χ2n) is 7.49. The Morgan fingerprint density at radius 3 is 2.48 bits per heavy atom. The molecule has 1 aliphatic heterocycles. The molecule has 0 spiro atoms. The molecule has 1 N–H and O–H groups in total. The number of urea groups is 1. The third-order valence-electron chi connectivity index (χ3n) is 5.41. The molecule has 11 heteroatoms. The Kier molecular flexibility index (Phi) is 7.28. The lowest BCUT2D eigenvalue weighted by atomic mass is 10.0. The van der Waals surface area contributed by atoms with Crippen molar-refractivity contribution in [1.82, 2.24) is 25.1 Å². The number of carbonyl (C=O) groups is 1. The fourth-order valence-electron chi connectivity index (χ4n) is 3.53. The number of rotatable bonds is 4. The van der Waals surface area contributed by atoms with Gasteiger partial charge in [0, 0.05) is 36.6 Å². The molecular weight excluding hydrogens is 454 g/mol. The average molecular weight is 476 g/mol. The fraction of sp³-hybridized carbons (Fsp3) is 0.450. The summed E-state index contributed by atoms with van der Waals surface area (Å²) >= 11 is 12.5. The van der Waals surface area contributed by atoms with Crippen molar-refractivity contribution in [2.75, 3.05) is 27.2 Å². The van der Waals surface area contributed by atoms with E-state index < -0.39 is 18.2 Å². The van der Waals surface area contributed by atoms with E-state index in [0.717, 1.165) is 13.1 Å². The first-order valence-corrected chi connectivity index (χ1v) is 10.4. The van der Waals surface area contributed by atoms with Crippen LogP contribution in [0.2, 0.25) is 10.0 Å². The smallest absolute Gasteiger partial charge is 0.325 e. The molecule has 0 radical (unpaired) electrons. The van der Waals surface area contributed by atoms with Crippen molar-refractivity contribution in [3.63, 3.8) is 0 Å². The van der Waals surface area contributed by atoms with Crippen LogP contribution in [0.15, 0.2) is 30.7 Å². The number of piperidine rings is 1. The van der Waals surface area contributed by atoms with Crippen molar-refractivity contribution in [2.45, 2.75) is 31.1 Å². The van der Waals surface area contributed by atoms with Gasteiger partial charge in [-0.2, -0.15) is 13.2 Å². The molecule has 2 heterocycles. The number of likely N-dealkylation sites (tertiary alicyclic amines) is 1. The van der Waals surface area contributed by atoms with Crippen LogP contribution in [0.1, 0.15) is 24.4 Å². The summed E-state index contributed by atoms with van der Waals surface area (Å²) in [6, 6.07) is -0.675. The zero-order chi connectivity index (χ0) is 22.8. The number of nitrogens with one attached hydrogen (secondary N) is 1. The summed E-state index contributed by atoms with van der Waals surface area (Å²) in [4.78, 5) is 24.1. The van der Waals surface area contributed by atoms with Crippen molar-refractivity contribution >= 4 is 29.2 Å². The van der Waals surface area contributed by atoms with Crippen LogP contribution in [0, 0.1) is 0 Å². The van der Waals surface area contributed by atoms with Crippen LogP contribution in [0.4, 0.5) is 18.0 Å². The van der Waals surface area contributed by atoms with Crippen molar-refractivity contribution in [2.24, 2.45) is 0 Å². The van der Waals surface area contributed by atoms with Gasteiger partial charge in [-0.25, -0.2) is 4.79 Å². The maximum Gasteiger partial charge on any atom is 0.412 e. The quantitative estimate of drug-likeness (QED) is 0.690. The third-order valence-corrected chi connectivity index (χ3v) is 6.31. The predicted molar refractivity (Wildman–Crippen MR) is 113 cm³/mol. The van der Waals surface area contributed by atoms with Crippen molar-refractivity contribution in [3.8, 4) is 11.3 Å². The molecule has 1 aromatic heterocycles. The topological polar surface area (TPSA) is 61.4 Å². The monoisotopic (exact) mass is 475 g/mol. The van der Waals surface area contributed by atoms with Gasteiger partial charge in [-0.1, -0.05) is 35.3 Å². The molecule has 3 rings (SSSR count). The molecule has 1 aromatic carbocycles. The number of carbonyl (C=O) groups excluding carboxylic acids is 1. The Hall–Kier alpha value is -2.10. The van der Waals surface area contributed by atoms with Crippen LogP contribution in [0.3, 0.4) is 0 Å². The lowest BCUT2D eigenvalue weighted by Crippen LogP contribution is -2.50. The number of hydrogen-bond acceptors (Lipinski definition) is 4. The molecule has 2 amide bonds. The van der Waals surface area contributed by atoms with Gasteiger partial charge in [0.15, 0.2) is 6.04 Å². The minimum Gasteiger partial charge on any atom is -0.325 e. The van der Waals surface area contributed by atoms with E-state index in [1.807, 2.05) is 7.05 Å². The molecule has 1 atom stereocenters. The van der Waals surface area contributed by atoms with Gasteiger partial charge < -0.3 is 15.1 Å². The van der Waals surface area contributed by atoms with E-state index >= 15 is 0 Å². The SMILES string of the molecule is CN1CCC(N(C)C(=O)N[C@H](c2ccc(-c3cnccn3)c(Cl)c2Cl)C(F)(F)F)CC1. The molecule has 1 fully saturated rings. The van der Waals surface area contributed by atoms with E-state index in [1.165, 1.54) is 42.7 Å². The summed E-state index contributed by atoms with van der Waals surface area (Å²) in [6.45, 7) is 1.55. The first-order chi connectivity index (χ1) is 14.6. The Morgan fingerprint density at radius 1 is 1.23 bits per heavy atom. The molecular formula is C20H22Cl2F3N5O. The van der Waals surface area contributed by atoms with E-state index in [-0.39, 0.29) is 21.7 Å². The molecule has 6 nitrogen and oxygen atoms in total. The molecule has 2 aromatic rings. The van der Waals surface area contributed by atoms with E-state index in [9.17, 15) is 18.0 Å². The van der Waals surface area contributed by atoms with Gasteiger partial charge in [0.05, 0.1) is 21.9 Å². The van der Waals surface area contributed by atoms with Crippen molar-refractivity contribution in [3.05, 3.63) is 46.3 Å².